The number of aliphatic imine (C=N–C) groups is 1. The van der Waals surface area contributed by atoms with Crippen LogP contribution in [0.3, 0.4) is 0 Å². The molecular weight excluding hydrogens is 372 g/mol. The summed E-state index contributed by atoms with van der Waals surface area (Å²) in [5.41, 5.74) is 6.22. The summed E-state index contributed by atoms with van der Waals surface area (Å²) in [6.07, 6.45) is 1.34. The Morgan fingerprint density at radius 2 is 1.70 bits per heavy atom. The van der Waals surface area contributed by atoms with Crippen LogP contribution in [-0.2, 0) is 26.7 Å². The normalized spacial score (nSPS) is 20.4. The van der Waals surface area contributed by atoms with Crippen molar-refractivity contribution in [3.63, 3.8) is 0 Å². The standard InChI is InChI=1S/C24H38N6/c1-17-11-18(2)15-30(14-17)16-22-10-8-7-9-21(22)12-26-24(25-5)27-13-23-19(3)28-29(6)20(23)4/h7-10,17-18H,11-16H2,1-6H3,(H2,25,26,27). The molecule has 6 heteroatoms. The van der Waals surface area contributed by atoms with Gasteiger partial charge >= 0.3 is 0 Å². The lowest BCUT2D eigenvalue weighted by atomic mass is 9.91. The van der Waals surface area contributed by atoms with Gasteiger partial charge in [0.2, 0.25) is 0 Å². The van der Waals surface area contributed by atoms with E-state index >= 15 is 0 Å². The Morgan fingerprint density at radius 1 is 1.07 bits per heavy atom. The van der Waals surface area contributed by atoms with Gasteiger partial charge in [-0.15, -0.1) is 0 Å². The Hall–Kier alpha value is -2.34. The maximum Gasteiger partial charge on any atom is 0.191 e. The van der Waals surface area contributed by atoms with Crippen LogP contribution in [0, 0.1) is 25.7 Å². The number of piperidine rings is 1. The third-order valence-corrected chi connectivity index (χ3v) is 6.22. The zero-order valence-electron chi connectivity index (χ0n) is 19.5. The summed E-state index contributed by atoms with van der Waals surface area (Å²) in [6.45, 7) is 13.8. The van der Waals surface area contributed by atoms with Crippen molar-refractivity contribution in [3.05, 3.63) is 52.3 Å². The van der Waals surface area contributed by atoms with Crippen LogP contribution in [-0.4, -0.2) is 40.8 Å². The van der Waals surface area contributed by atoms with E-state index in [-0.39, 0.29) is 0 Å². The van der Waals surface area contributed by atoms with E-state index in [4.69, 9.17) is 0 Å². The Labute approximate surface area is 181 Å². The number of likely N-dealkylation sites (tertiary alicyclic amines) is 1. The third-order valence-electron chi connectivity index (χ3n) is 6.22. The van der Waals surface area contributed by atoms with Crippen LogP contribution in [0.1, 0.15) is 48.3 Å². The second kappa shape index (κ2) is 10.1. The van der Waals surface area contributed by atoms with Gasteiger partial charge in [-0.25, -0.2) is 0 Å². The number of nitrogens with zero attached hydrogens (tertiary/aromatic N) is 4. The summed E-state index contributed by atoms with van der Waals surface area (Å²) in [6, 6.07) is 8.76. The molecule has 1 aliphatic heterocycles. The predicted octanol–water partition coefficient (Wildman–Crippen LogP) is 3.38. The van der Waals surface area contributed by atoms with Crippen LogP contribution in [0.25, 0.3) is 0 Å². The molecule has 30 heavy (non-hydrogen) atoms. The van der Waals surface area contributed by atoms with Gasteiger partial charge in [0.1, 0.15) is 0 Å². The highest BCUT2D eigenvalue weighted by molar-refractivity contribution is 5.79. The van der Waals surface area contributed by atoms with E-state index in [0.29, 0.717) is 0 Å². The molecule has 1 saturated heterocycles. The van der Waals surface area contributed by atoms with Crippen LogP contribution >= 0.6 is 0 Å². The molecule has 1 fully saturated rings. The lowest BCUT2D eigenvalue weighted by molar-refractivity contribution is 0.134. The first-order chi connectivity index (χ1) is 14.4. The summed E-state index contributed by atoms with van der Waals surface area (Å²) in [5, 5.41) is 11.4. The SMILES string of the molecule is CN=C(NCc1ccccc1CN1CC(C)CC(C)C1)NCc1c(C)nn(C)c1C. The van der Waals surface area contributed by atoms with E-state index in [2.05, 4.69) is 77.6 Å². The zero-order chi connectivity index (χ0) is 21.7. The zero-order valence-corrected chi connectivity index (χ0v) is 19.5. The van der Waals surface area contributed by atoms with Crippen molar-refractivity contribution in [2.45, 2.75) is 53.8 Å². The molecule has 0 amide bonds. The van der Waals surface area contributed by atoms with Crippen LogP contribution in [0.5, 0.6) is 0 Å². The van der Waals surface area contributed by atoms with Crippen molar-refractivity contribution in [2.24, 2.45) is 23.9 Å². The monoisotopic (exact) mass is 410 g/mol. The van der Waals surface area contributed by atoms with Gasteiger partial charge < -0.3 is 10.6 Å². The van der Waals surface area contributed by atoms with Crippen LogP contribution in [0.15, 0.2) is 29.3 Å². The van der Waals surface area contributed by atoms with Crippen LogP contribution in [0.4, 0.5) is 0 Å². The maximum absolute atomic E-state index is 4.50. The lowest BCUT2D eigenvalue weighted by Gasteiger charge is -2.35. The molecule has 2 unspecified atom stereocenters. The molecule has 0 radical (unpaired) electrons. The summed E-state index contributed by atoms with van der Waals surface area (Å²) in [4.78, 5) is 7.02. The van der Waals surface area contributed by atoms with E-state index in [9.17, 15) is 0 Å². The molecule has 3 rings (SSSR count). The topological polar surface area (TPSA) is 57.5 Å². The van der Waals surface area contributed by atoms with Crippen molar-refractivity contribution in [3.8, 4) is 0 Å². The summed E-state index contributed by atoms with van der Waals surface area (Å²) < 4.78 is 1.93. The number of aromatic nitrogens is 2. The van der Waals surface area contributed by atoms with Crippen molar-refractivity contribution >= 4 is 5.96 Å². The average molecular weight is 411 g/mol. The molecule has 0 bridgehead atoms. The summed E-state index contributed by atoms with van der Waals surface area (Å²) >= 11 is 0. The number of nitrogens with one attached hydrogen (secondary N) is 2. The van der Waals surface area contributed by atoms with Gasteiger partial charge in [0.15, 0.2) is 5.96 Å². The van der Waals surface area contributed by atoms with Gasteiger partial charge in [-0.05, 0) is 43.2 Å². The van der Waals surface area contributed by atoms with Gasteiger partial charge in [0, 0.05) is 58.1 Å². The predicted molar refractivity (Wildman–Crippen MR) is 124 cm³/mol. The van der Waals surface area contributed by atoms with E-state index in [1.807, 2.05) is 18.8 Å². The Morgan fingerprint density at radius 3 is 2.30 bits per heavy atom. The first-order valence-electron chi connectivity index (χ1n) is 11.1. The molecule has 2 aromatic rings. The highest BCUT2D eigenvalue weighted by atomic mass is 15.3. The van der Waals surface area contributed by atoms with Crippen LogP contribution in [0.2, 0.25) is 0 Å². The molecule has 0 saturated carbocycles. The molecule has 2 atom stereocenters. The number of benzene rings is 1. The molecule has 1 aromatic carbocycles. The van der Waals surface area contributed by atoms with Gasteiger partial charge in [0.05, 0.1) is 5.69 Å². The van der Waals surface area contributed by atoms with E-state index in [0.717, 1.165) is 43.1 Å². The van der Waals surface area contributed by atoms with E-state index in [1.165, 1.54) is 41.9 Å². The third kappa shape index (κ3) is 5.63. The number of guanidine groups is 1. The quantitative estimate of drug-likeness (QED) is 0.566. The molecule has 1 aliphatic rings. The molecule has 6 nitrogen and oxygen atoms in total. The van der Waals surface area contributed by atoms with Crippen molar-refractivity contribution < 1.29 is 0 Å². The molecule has 0 aliphatic carbocycles. The second-order valence-corrected chi connectivity index (χ2v) is 8.96. The smallest absolute Gasteiger partial charge is 0.191 e. The van der Waals surface area contributed by atoms with Gasteiger partial charge in [-0.3, -0.25) is 14.6 Å². The van der Waals surface area contributed by atoms with Crippen LogP contribution < -0.4 is 10.6 Å². The number of rotatable bonds is 6. The Balaban J connectivity index is 1.59. The Kier molecular flexibility index (Phi) is 7.53. The van der Waals surface area contributed by atoms with Gasteiger partial charge in [-0.1, -0.05) is 38.1 Å². The number of aryl methyl sites for hydroxylation is 2. The fourth-order valence-electron chi connectivity index (χ4n) is 4.69. The number of hydrogen-bond donors (Lipinski definition) is 2. The highest BCUT2D eigenvalue weighted by Gasteiger charge is 2.22. The fraction of sp³-hybridized carbons (Fsp3) is 0.583. The Bertz CT molecular complexity index is 859. The lowest BCUT2D eigenvalue weighted by Crippen LogP contribution is -2.39. The highest BCUT2D eigenvalue weighted by Crippen LogP contribution is 2.23. The second-order valence-electron chi connectivity index (χ2n) is 8.96. The first kappa shape index (κ1) is 22.3. The van der Waals surface area contributed by atoms with E-state index in [1.54, 1.807) is 0 Å². The van der Waals surface area contributed by atoms with Gasteiger partial charge in [0.25, 0.3) is 0 Å². The first-order valence-corrected chi connectivity index (χ1v) is 11.1. The summed E-state index contributed by atoms with van der Waals surface area (Å²) in [5.74, 6) is 2.37. The van der Waals surface area contributed by atoms with Crippen molar-refractivity contribution in [2.75, 3.05) is 20.1 Å². The molecular formula is C24H38N6. The van der Waals surface area contributed by atoms with Gasteiger partial charge in [-0.2, -0.15) is 5.10 Å². The minimum absolute atomic E-state index is 0.719. The number of hydrogen-bond acceptors (Lipinski definition) is 3. The molecule has 1 aromatic heterocycles. The van der Waals surface area contributed by atoms with Crippen molar-refractivity contribution in [1.82, 2.24) is 25.3 Å². The molecule has 0 spiro atoms. The minimum atomic E-state index is 0.719. The molecule has 2 heterocycles. The molecule has 2 N–H and O–H groups in total. The summed E-state index contributed by atoms with van der Waals surface area (Å²) in [7, 11) is 3.81. The largest absolute Gasteiger partial charge is 0.352 e. The van der Waals surface area contributed by atoms with E-state index < -0.39 is 0 Å². The van der Waals surface area contributed by atoms with Crippen molar-refractivity contribution in [1.29, 1.82) is 0 Å². The average Bonchev–Trinajstić information content (AvgIpc) is 2.94. The minimum Gasteiger partial charge on any atom is -0.352 e. The fourth-order valence-corrected chi connectivity index (χ4v) is 4.69. The maximum atomic E-state index is 4.50. The molecule has 164 valence electrons.